The fourth-order valence-corrected chi connectivity index (χ4v) is 2.04. The van der Waals surface area contributed by atoms with Gasteiger partial charge < -0.3 is 15.2 Å². The maximum Gasteiger partial charge on any atom is 0.160 e. The van der Waals surface area contributed by atoms with E-state index in [1.165, 1.54) is 5.56 Å². The molecule has 0 radical (unpaired) electrons. The first-order valence-electron chi connectivity index (χ1n) is 6.04. The Morgan fingerprint density at radius 2 is 1.76 bits per heavy atom. The minimum Gasteiger partial charge on any atom is -0.493 e. The van der Waals surface area contributed by atoms with Crippen molar-refractivity contribution in [2.45, 2.75) is 26.2 Å². The zero-order chi connectivity index (χ0) is 12.8. The second kappa shape index (κ2) is 6.50. The van der Waals surface area contributed by atoms with Crippen LogP contribution in [0.25, 0.3) is 0 Å². The van der Waals surface area contributed by atoms with Crippen molar-refractivity contribution in [3.8, 4) is 11.5 Å². The summed E-state index contributed by atoms with van der Waals surface area (Å²) in [4.78, 5) is 0. The number of ether oxygens (including phenoxy) is 2. The number of nitrogens with two attached hydrogens (primary N) is 1. The molecule has 0 aliphatic carbocycles. The number of rotatable bonds is 6. The highest BCUT2D eigenvalue weighted by molar-refractivity contribution is 5.44. The van der Waals surface area contributed by atoms with Gasteiger partial charge in [0.1, 0.15) is 0 Å². The summed E-state index contributed by atoms with van der Waals surface area (Å²) >= 11 is 0. The molecule has 0 aliphatic heterocycles. The average Bonchev–Trinajstić information content (AvgIpc) is 2.34. The quantitative estimate of drug-likeness (QED) is 0.827. The molecule has 3 nitrogen and oxygen atoms in total. The van der Waals surface area contributed by atoms with Gasteiger partial charge in [0.15, 0.2) is 11.5 Å². The maximum absolute atomic E-state index is 5.84. The summed E-state index contributed by atoms with van der Waals surface area (Å²) in [5.74, 6) is 2.55. The summed E-state index contributed by atoms with van der Waals surface area (Å²) in [6.45, 7) is 5.08. The summed E-state index contributed by atoms with van der Waals surface area (Å²) in [5, 5.41) is 0. The van der Waals surface area contributed by atoms with Crippen molar-refractivity contribution >= 4 is 0 Å². The topological polar surface area (TPSA) is 44.5 Å². The van der Waals surface area contributed by atoms with Crippen LogP contribution in [-0.4, -0.2) is 20.8 Å². The van der Waals surface area contributed by atoms with Crippen LogP contribution in [0.2, 0.25) is 0 Å². The Kier molecular flexibility index (Phi) is 5.29. The minimum atomic E-state index is 0.384. The molecule has 0 amide bonds. The molecule has 1 rings (SSSR count). The smallest absolute Gasteiger partial charge is 0.160 e. The molecular formula is C14H23NO2. The van der Waals surface area contributed by atoms with E-state index in [0.29, 0.717) is 18.4 Å². The molecule has 0 aliphatic rings. The lowest BCUT2D eigenvalue weighted by Gasteiger charge is -2.19. The molecular weight excluding hydrogens is 214 g/mol. The molecule has 1 aromatic rings. The predicted molar refractivity (Wildman–Crippen MR) is 70.8 cm³/mol. The number of methoxy groups -OCH3 is 2. The third-order valence-corrected chi connectivity index (χ3v) is 2.92. The van der Waals surface area contributed by atoms with Gasteiger partial charge in [-0.05, 0) is 42.5 Å². The van der Waals surface area contributed by atoms with Crippen molar-refractivity contribution < 1.29 is 9.47 Å². The molecule has 96 valence electrons. The zero-order valence-electron chi connectivity index (χ0n) is 11.2. The van der Waals surface area contributed by atoms with Gasteiger partial charge in [0.05, 0.1) is 14.2 Å². The lowest BCUT2D eigenvalue weighted by Crippen LogP contribution is -2.14. The lowest BCUT2D eigenvalue weighted by atomic mass is 9.90. The molecule has 0 fully saturated rings. The molecule has 0 saturated heterocycles. The SMILES string of the molecule is COc1ccc(C(CN)CC(C)C)cc1OC. The van der Waals surface area contributed by atoms with E-state index in [9.17, 15) is 0 Å². The van der Waals surface area contributed by atoms with Gasteiger partial charge in [-0.2, -0.15) is 0 Å². The van der Waals surface area contributed by atoms with Crippen LogP contribution in [0.5, 0.6) is 11.5 Å². The molecule has 0 bridgehead atoms. The van der Waals surface area contributed by atoms with Crippen LogP contribution in [0.3, 0.4) is 0 Å². The first-order valence-corrected chi connectivity index (χ1v) is 6.04. The van der Waals surface area contributed by atoms with Crippen molar-refractivity contribution in [1.82, 2.24) is 0 Å². The standard InChI is InChI=1S/C14H23NO2/c1-10(2)7-12(9-15)11-5-6-13(16-3)14(8-11)17-4/h5-6,8,10,12H,7,9,15H2,1-4H3. The van der Waals surface area contributed by atoms with Crippen molar-refractivity contribution in [1.29, 1.82) is 0 Å². The highest BCUT2D eigenvalue weighted by Crippen LogP contribution is 2.32. The van der Waals surface area contributed by atoms with Gasteiger partial charge in [0.25, 0.3) is 0 Å². The molecule has 0 heterocycles. The summed E-state index contributed by atoms with van der Waals surface area (Å²) in [7, 11) is 3.30. The van der Waals surface area contributed by atoms with Crippen LogP contribution in [0.1, 0.15) is 31.7 Å². The molecule has 1 unspecified atom stereocenters. The molecule has 0 aromatic heterocycles. The van der Waals surface area contributed by atoms with Gasteiger partial charge in [0.2, 0.25) is 0 Å². The molecule has 0 spiro atoms. The third kappa shape index (κ3) is 3.63. The van der Waals surface area contributed by atoms with Crippen LogP contribution in [-0.2, 0) is 0 Å². The van der Waals surface area contributed by atoms with E-state index < -0.39 is 0 Å². The predicted octanol–water partition coefficient (Wildman–Crippen LogP) is 2.79. The largest absolute Gasteiger partial charge is 0.493 e. The van der Waals surface area contributed by atoms with Crippen LogP contribution >= 0.6 is 0 Å². The van der Waals surface area contributed by atoms with Crippen molar-refractivity contribution in [2.24, 2.45) is 11.7 Å². The summed E-state index contributed by atoms with van der Waals surface area (Å²) in [6, 6.07) is 6.04. The summed E-state index contributed by atoms with van der Waals surface area (Å²) < 4.78 is 10.5. The molecule has 1 atom stereocenters. The van der Waals surface area contributed by atoms with Crippen molar-refractivity contribution in [3.05, 3.63) is 23.8 Å². The Morgan fingerprint density at radius 3 is 2.24 bits per heavy atom. The highest BCUT2D eigenvalue weighted by atomic mass is 16.5. The maximum atomic E-state index is 5.84. The van der Waals surface area contributed by atoms with Crippen LogP contribution in [0.4, 0.5) is 0 Å². The van der Waals surface area contributed by atoms with E-state index in [-0.39, 0.29) is 0 Å². The Bertz CT molecular complexity index is 350. The van der Waals surface area contributed by atoms with E-state index in [2.05, 4.69) is 19.9 Å². The van der Waals surface area contributed by atoms with Crippen molar-refractivity contribution in [3.63, 3.8) is 0 Å². The first kappa shape index (κ1) is 13.8. The van der Waals surface area contributed by atoms with E-state index in [4.69, 9.17) is 15.2 Å². The molecule has 3 heteroatoms. The second-order valence-electron chi connectivity index (χ2n) is 4.68. The zero-order valence-corrected chi connectivity index (χ0v) is 11.2. The molecule has 2 N–H and O–H groups in total. The Balaban J connectivity index is 2.96. The van der Waals surface area contributed by atoms with Gasteiger partial charge in [-0.15, -0.1) is 0 Å². The Hall–Kier alpha value is -1.22. The van der Waals surface area contributed by atoms with Gasteiger partial charge >= 0.3 is 0 Å². The molecule has 1 aromatic carbocycles. The van der Waals surface area contributed by atoms with Crippen LogP contribution in [0.15, 0.2) is 18.2 Å². The number of hydrogen-bond acceptors (Lipinski definition) is 3. The van der Waals surface area contributed by atoms with Crippen LogP contribution < -0.4 is 15.2 Å². The number of benzene rings is 1. The lowest BCUT2D eigenvalue weighted by molar-refractivity contribution is 0.354. The van der Waals surface area contributed by atoms with E-state index in [0.717, 1.165) is 17.9 Å². The number of hydrogen-bond donors (Lipinski definition) is 1. The highest BCUT2D eigenvalue weighted by Gasteiger charge is 2.14. The van der Waals surface area contributed by atoms with Gasteiger partial charge in [-0.1, -0.05) is 19.9 Å². The normalized spacial score (nSPS) is 12.6. The fourth-order valence-electron chi connectivity index (χ4n) is 2.04. The molecule has 17 heavy (non-hydrogen) atoms. The van der Waals surface area contributed by atoms with E-state index >= 15 is 0 Å². The van der Waals surface area contributed by atoms with Crippen molar-refractivity contribution in [2.75, 3.05) is 20.8 Å². The summed E-state index contributed by atoms with van der Waals surface area (Å²) in [6.07, 6.45) is 1.09. The fraction of sp³-hybridized carbons (Fsp3) is 0.571. The van der Waals surface area contributed by atoms with Gasteiger partial charge in [-0.3, -0.25) is 0 Å². The Morgan fingerprint density at radius 1 is 1.12 bits per heavy atom. The first-order chi connectivity index (χ1) is 8.12. The van der Waals surface area contributed by atoms with Gasteiger partial charge in [-0.25, -0.2) is 0 Å². The minimum absolute atomic E-state index is 0.384. The molecule has 0 saturated carbocycles. The average molecular weight is 237 g/mol. The summed E-state index contributed by atoms with van der Waals surface area (Å²) in [5.41, 5.74) is 7.06. The van der Waals surface area contributed by atoms with E-state index in [1.807, 2.05) is 12.1 Å². The second-order valence-corrected chi connectivity index (χ2v) is 4.68. The third-order valence-electron chi connectivity index (χ3n) is 2.92. The van der Waals surface area contributed by atoms with E-state index in [1.54, 1.807) is 14.2 Å². The Labute approximate surface area is 104 Å². The monoisotopic (exact) mass is 237 g/mol. The van der Waals surface area contributed by atoms with Crippen LogP contribution in [0, 0.1) is 5.92 Å². The van der Waals surface area contributed by atoms with Gasteiger partial charge in [0, 0.05) is 0 Å².